The summed E-state index contributed by atoms with van der Waals surface area (Å²) in [7, 11) is -4.26. The van der Waals surface area contributed by atoms with Crippen LogP contribution in [0.25, 0.3) is 0 Å². The van der Waals surface area contributed by atoms with E-state index in [1.807, 2.05) is 19.1 Å². The van der Waals surface area contributed by atoms with Gasteiger partial charge in [0.05, 0.1) is 19.3 Å². The molecule has 2 unspecified atom stereocenters. The van der Waals surface area contributed by atoms with E-state index in [2.05, 4.69) is 4.52 Å². The third-order valence-electron chi connectivity index (χ3n) is 2.28. The first kappa shape index (κ1) is 18.7. The molecule has 0 saturated carbocycles. The van der Waals surface area contributed by atoms with Gasteiger partial charge in [0, 0.05) is 6.54 Å². The van der Waals surface area contributed by atoms with Gasteiger partial charge in [0.15, 0.2) is 0 Å². The van der Waals surface area contributed by atoms with Crippen molar-refractivity contribution < 1.29 is 28.7 Å². The Morgan fingerprint density at radius 1 is 1.42 bits per heavy atom. The first-order valence-corrected chi connectivity index (χ1v) is 7.76. The van der Waals surface area contributed by atoms with Gasteiger partial charge in [-0.15, -0.1) is 0 Å². The Bertz CT molecular complexity index is 299. The second-order valence-corrected chi connectivity index (χ2v) is 5.35. The van der Waals surface area contributed by atoms with Gasteiger partial charge in [-0.25, -0.2) is 4.57 Å². The second-order valence-electron chi connectivity index (χ2n) is 3.94. The fraction of sp³-hybridized carbons (Fsp3) is 0.818. The Labute approximate surface area is 113 Å². The number of hydrogen-bond acceptors (Lipinski definition) is 6. The van der Waals surface area contributed by atoms with Crippen LogP contribution in [0.2, 0.25) is 0 Å². The van der Waals surface area contributed by atoms with Crippen LogP contribution in [0.4, 0.5) is 0 Å². The minimum absolute atomic E-state index is 0.0837. The monoisotopic (exact) mass is 297 g/mol. The Morgan fingerprint density at radius 3 is 2.63 bits per heavy atom. The number of nitrogens with two attached hydrogens (primary N) is 1. The summed E-state index contributed by atoms with van der Waals surface area (Å²) in [4.78, 5) is 9.41. The van der Waals surface area contributed by atoms with E-state index in [4.69, 9.17) is 15.4 Å². The van der Waals surface area contributed by atoms with Gasteiger partial charge < -0.3 is 20.8 Å². The summed E-state index contributed by atoms with van der Waals surface area (Å²) in [5.41, 5.74) is 5.15. The van der Waals surface area contributed by atoms with E-state index >= 15 is 0 Å². The summed E-state index contributed by atoms with van der Waals surface area (Å²) in [6.45, 7) is 1.39. The van der Waals surface area contributed by atoms with E-state index in [-0.39, 0.29) is 13.2 Å². The second kappa shape index (κ2) is 10.5. The van der Waals surface area contributed by atoms with Crippen molar-refractivity contribution in [2.24, 2.45) is 5.73 Å². The van der Waals surface area contributed by atoms with Gasteiger partial charge in [0.25, 0.3) is 0 Å². The Balaban J connectivity index is 4.41. The quantitative estimate of drug-likeness (QED) is 0.324. The highest BCUT2D eigenvalue weighted by Crippen LogP contribution is 2.45. The van der Waals surface area contributed by atoms with E-state index in [1.165, 1.54) is 0 Å². The third kappa shape index (κ3) is 9.29. The van der Waals surface area contributed by atoms with Gasteiger partial charge in [0.1, 0.15) is 6.10 Å². The van der Waals surface area contributed by atoms with Gasteiger partial charge in [0.2, 0.25) is 0 Å². The highest BCUT2D eigenvalue weighted by atomic mass is 31.2. The molecule has 0 aliphatic carbocycles. The minimum Gasteiger partial charge on any atom is -0.394 e. The molecule has 0 bridgehead atoms. The molecule has 0 aromatic rings. The summed E-state index contributed by atoms with van der Waals surface area (Å²) >= 11 is 0. The Kier molecular flexibility index (Phi) is 10.4. The van der Waals surface area contributed by atoms with Crippen molar-refractivity contribution in [1.29, 1.82) is 0 Å². The molecule has 0 saturated heterocycles. The van der Waals surface area contributed by atoms with Crippen LogP contribution in [0.5, 0.6) is 0 Å². The number of rotatable bonds is 11. The van der Waals surface area contributed by atoms with Crippen LogP contribution in [-0.2, 0) is 13.6 Å². The van der Waals surface area contributed by atoms with Crippen molar-refractivity contribution in [3.63, 3.8) is 0 Å². The summed E-state index contributed by atoms with van der Waals surface area (Å²) in [6, 6.07) is 0. The van der Waals surface area contributed by atoms with Crippen LogP contribution in [0, 0.1) is 0 Å². The van der Waals surface area contributed by atoms with Crippen molar-refractivity contribution in [1.82, 2.24) is 0 Å². The van der Waals surface area contributed by atoms with E-state index in [0.717, 1.165) is 6.42 Å². The third-order valence-corrected chi connectivity index (χ3v) is 3.32. The molecule has 19 heavy (non-hydrogen) atoms. The number of hydrogen-bond donors (Lipinski definition) is 4. The molecule has 0 radical (unpaired) electrons. The fourth-order valence-corrected chi connectivity index (χ4v) is 2.33. The van der Waals surface area contributed by atoms with Crippen LogP contribution >= 0.6 is 7.82 Å². The zero-order chi connectivity index (χ0) is 14.7. The van der Waals surface area contributed by atoms with Gasteiger partial charge >= 0.3 is 7.82 Å². The van der Waals surface area contributed by atoms with Gasteiger partial charge in [-0.1, -0.05) is 19.1 Å². The first-order chi connectivity index (χ1) is 8.96. The maximum absolute atomic E-state index is 11.5. The minimum atomic E-state index is -4.26. The van der Waals surface area contributed by atoms with E-state index < -0.39 is 26.6 Å². The van der Waals surface area contributed by atoms with E-state index in [0.29, 0.717) is 12.8 Å². The normalized spacial score (nSPS) is 18.4. The van der Waals surface area contributed by atoms with E-state index in [1.54, 1.807) is 0 Å². The van der Waals surface area contributed by atoms with E-state index in [9.17, 15) is 14.6 Å². The lowest BCUT2D eigenvalue weighted by Crippen LogP contribution is -2.31. The summed E-state index contributed by atoms with van der Waals surface area (Å²) in [5, 5.41) is 18.5. The molecule has 0 aliphatic rings. The van der Waals surface area contributed by atoms with Crippen molar-refractivity contribution in [2.45, 2.75) is 38.4 Å². The van der Waals surface area contributed by atoms with Crippen LogP contribution in [-0.4, -0.2) is 47.1 Å². The molecule has 114 valence electrons. The number of phosphoric ester groups is 1. The molecule has 0 rings (SSSR count). The van der Waals surface area contributed by atoms with Gasteiger partial charge in [-0.2, -0.15) is 0 Å². The van der Waals surface area contributed by atoms with Gasteiger partial charge in [-0.3, -0.25) is 9.05 Å². The molecule has 0 spiro atoms. The molecule has 0 aliphatic heterocycles. The van der Waals surface area contributed by atoms with Crippen molar-refractivity contribution in [3.8, 4) is 0 Å². The molecule has 0 aromatic heterocycles. The largest absolute Gasteiger partial charge is 0.472 e. The zero-order valence-corrected chi connectivity index (χ0v) is 12.0. The van der Waals surface area contributed by atoms with Crippen molar-refractivity contribution in [3.05, 3.63) is 12.2 Å². The SMILES string of the molecule is CCC=CCCC(OP(=O)(O)OCCN)[C@@H](O)CO. The molecular formula is C11H24NO6P. The molecule has 0 aromatic carbocycles. The Morgan fingerprint density at radius 2 is 2.11 bits per heavy atom. The highest BCUT2D eigenvalue weighted by molar-refractivity contribution is 7.47. The number of aliphatic hydroxyl groups is 2. The molecule has 0 amide bonds. The predicted octanol–water partition coefficient (Wildman–Crippen LogP) is 0.547. The highest BCUT2D eigenvalue weighted by Gasteiger charge is 2.30. The van der Waals surface area contributed by atoms with Crippen molar-refractivity contribution in [2.75, 3.05) is 19.8 Å². The predicted molar refractivity (Wildman–Crippen MR) is 71.5 cm³/mol. The number of allylic oxidation sites excluding steroid dienone is 2. The molecule has 3 atom stereocenters. The molecular weight excluding hydrogens is 273 g/mol. The summed E-state index contributed by atoms with van der Waals surface area (Å²) in [5.74, 6) is 0. The average molecular weight is 297 g/mol. The molecule has 7 nitrogen and oxygen atoms in total. The fourth-order valence-electron chi connectivity index (χ4n) is 1.35. The van der Waals surface area contributed by atoms with Crippen LogP contribution in [0.1, 0.15) is 26.2 Å². The van der Waals surface area contributed by atoms with Gasteiger partial charge in [-0.05, 0) is 19.3 Å². The molecule has 5 N–H and O–H groups in total. The molecule has 8 heteroatoms. The van der Waals surface area contributed by atoms with Crippen molar-refractivity contribution >= 4 is 7.82 Å². The lowest BCUT2D eigenvalue weighted by molar-refractivity contribution is -0.0206. The molecule has 0 fully saturated rings. The average Bonchev–Trinajstić information content (AvgIpc) is 2.39. The summed E-state index contributed by atoms with van der Waals surface area (Å²) < 4.78 is 21.0. The topological polar surface area (TPSA) is 122 Å². The smallest absolute Gasteiger partial charge is 0.394 e. The standard InChI is InChI=1S/C11H24NO6P/c1-2-3-4-5-6-11(10(14)9-13)18-19(15,16)17-8-7-12/h3-4,10-11,13-14H,2,5-9,12H2,1H3,(H,15,16)/t10-,11?/m0/s1. The van der Waals surface area contributed by atoms with Crippen LogP contribution in [0.3, 0.4) is 0 Å². The number of phosphoric acid groups is 1. The first-order valence-electron chi connectivity index (χ1n) is 6.26. The molecule has 0 heterocycles. The zero-order valence-electron chi connectivity index (χ0n) is 11.1. The lowest BCUT2D eigenvalue weighted by atomic mass is 10.1. The number of aliphatic hydroxyl groups excluding tert-OH is 2. The Hall–Kier alpha value is -0.270. The summed E-state index contributed by atoms with van der Waals surface area (Å²) in [6.07, 6.45) is 3.35. The van der Waals surface area contributed by atoms with Crippen LogP contribution in [0.15, 0.2) is 12.2 Å². The maximum Gasteiger partial charge on any atom is 0.472 e. The maximum atomic E-state index is 11.5. The van der Waals surface area contributed by atoms with Crippen LogP contribution < -0.4 is 5.73 Å². The lowest BCUT2D eigenvalue weighted by Gasteiger charge is -2.23.